The van der Waals surface area contributed by atoms with Gasteiger partial charge in [-0.15, -0.1) is 0 Å². The highest BCUT2D eigenvalue weighted by Crippen LogP contribution is 2.40. The van der Waals surface area contributed by atoms with E-state index in [-0.39, 0.29) is 11.8 Å². The minimum atomic E-state index is -0.569. The van der Waals surface area contributed by atoms with Crippen LogP contribution < -0.4 is 0 Å². The quantitative estimate of drug-likeness (QED) is 0.836. The Morgan fingerprint density at radius 1 is 1.40 bits per heavy atom. The third-order valence-electron chi connectivity index (χ3n) is 4.67. The van der Waals surface area contributed by atoms with Gasteiger partial charge in [0.25, 0.3) is 5.91 Å². The van der Waals surface area contributed by atoms with Crippen molar-refractivity contribution >= 4 is 29.1 Å². The fourth-order valence-corrected chi connectivity index (χ4v) is 3.76. The van der Waals surface area contributed by atoms with Gasteiger partial charge in [0, 0.05) is 19.0 Å². The van der Waals surface area contributed by atoms with Crippen LogP contribution in [0.1, 0.15) is 42.6 Å². The van der Waals surface area contributed by atoms with E-state index in [2.05, 4.69) is 4.98 Å². The van der Waals surface area contributed by atoms with Gasteiger partial charge in [-0.3, -0.25) is 4.79 Å². The summed E-state index contributed by atoms with van der Waals surface area (Å²) in [4.78, 5) is 17.0. The van der Waals surface area contributed by atoms with E-state index in [0.29, 0.717) is 35.4 Å². The molecule has 20 heavy (non-hydrogen) atoms. The molecule has 2 atom stereocenters. The van der Waals surface area contributed by atoms with Crippen molar-refractivity contribution in [1.29, 1.82) is 0 Å². The monoisotopic (exact) mass is 316 g/mol. The van der Waals surface area contributed by atoms with Crippen LogP contribution in [-0.4, -0.2) is 39.6 Å². The number of rotatable bonds is 1. The smallest absolute Gasteiger partial charge is 0.270 e. The SMILES string of the molecule is O=C(c1cc(Cl)c(Cl)[nH]1)N1CCC2(O)CCCCC2C1. The second-order valence-corrected chi connectivity index (χ2v) is 6.68. The molecule has 2 unspecified atom stereocenters. The van der Waals surface area contributed by atoms with Crippen molar-refractivity contribution in [2.45, 2.75) is 37.7 Å². The topological polar surface area (TPSA) is 56.3 Å². The van der Waals surface area contributed by atoms with E-state index in [1.807, 2.05) is 0 Å². The third-order valence-corrected chi connectivity index (χ3v) is 5.36. The Hall–Kier alpha value is -0.710. The first-order chi connectivity index (χ1) is 9.49. The molecule has 1 aromatic heterocycles. The van der Waals surface area contributed by atoms with Gasteiger partial charge in [-0.25, -0.2) is 0 Å². The van der Waals surface area contributed by atoms with E-state index in [1.54, 1.807) is 11.0 Å². The summed E-state index contributed by atoms with van der Waals surface area (Å²) in [6, 6.07) is 1.56. The van der Waals surface area contributed by atoms with Crippen molar-refractivity contribution in [2.75, 3.05) is 13.1 Å². The molecule has 3 rings (SSSR count). The van der Waals surface area contributed by atoms with Gasteiger partial charge in [0.05, 0.1) is 10.6 Å². The van der Waals surface area contributed by atoms with Crippen molar-refractivity contribution in [2.24, 2.45) is 5.92 Å². The number of likely N-dealkylation sites (tertiary alicyclic amines) is 1. The number of hydrogen-bond acceptors (Lipinski definition) is 2. The van der Waals surface area contributed by atoms with Crippen LogP contribution in [0.5, 0.6) is 0 Å². The lowest BCUT2D eigenvalue weighted by Crippen LogP contribution is -2.54. The second kappa shape index (κ2) is 5.24. The number of carbonyl (C=O) groups is 1. The molecule has 2 fully saturated rings. The molecule has 110 valence electrons. The molecule has 2 aliphatic rings. The lowest BCUT2D eigenvalue weighted by molar-refractivity contribution is -0.0886. The Bertz CT molecular complexity index is 512. The van der Waals surface area contributed by atoms with Gasteiger partial charge in [0.15, 0.2) is 0 Å². The summed E-state index contributed by atoms with van der Waals surface area (Å²) in [6.45, 7) is 1.20. The zero-order valence-electron chi connectivity index (χ0n) is 11.2. The van der Waals surface area contributed by atoms with E-state index in [1.165, 1.54) is 0 Å². The molecule has 1 aliphatic carbocycles. The average Bonchev–Trinajstić information content (AvgIpc) is 2.77. The van der Waals surface area contributed by atoms with Crippen molar-refractivity contribution in [1.82, 2.24) is 9.88 Å². The van der Waals surface area contributed by atoms with Gasteiger partial charge in [-0.05, 0) is 25.3 Å². The van der Waals surface area contributed by atoms with Crippen molar-refractivity contribution < 1.29 is 9.90 Å². The fraction of sp³-hybridized carbons (Fsp3) is 0.643. The second-order valence-electron chi connectivity index (χ2n) is 5.89. The van der Waals surface area contributed by atoms with Crippen LogP contribution in [0.3, 0.4) is 0 Å². The van der Waals surface area contributed by atoms with Crippen molar-refractivity contribution in [3.8, 4) is 0 Å². The number of nitrogens with zero attached hydrogens (tertiary/aromatic N) is 1. The maximum atomic E-state index is 12.4. The molecule has 1 saturated heterocycles. The van der Waals surface area contributed by atoms with Crippen LogP contribution in [-0.2, 0) is 0 Å². The molecule has 1 amide bonds. The number of fused-ring (bicyclic) bond motifs is 1. The highest BCUT2D eigenvalue weighted by molar-refractivity contribution is 6.41. The Balaban J connectivity index is 1.74. The number of hydrogen-bond donors (Lipinski definition) is 2. The molecule has 4 nitrogen and oxygen atoms in total. The molecule has 1 aliphatic heterocycles. The van der Waals surface area contributed by atoms with Gasteiger partial charge in [-0.2, -0.15) is 0 Å². The molecule has 1 saturated carbocycles. The first-order valence-electron chi connectivity index (χ1n) is 7.05. The number of aliphatic hydroxyl groups is 1. The average molecular weight is 317 g/mol. The maximum Gasteiger partial charge on any atom is 0.270 e. The predicted octanol–water partition coefficient (Wildman–Crippen LogP) is 3.09. The number of aromatic amines is 1. The Labute approximate surface area is 128 Å². The third kappa shape index (κ3) is 2.45. The number of aromatic nitrogens is 1. The number of amides is 1. The van der Waals surface area contributed by atoms with E-state index in [4.69, 9.17) is 23.2 Å². The maximum absolute atomic E-state index is 12.4. The Morgan fingerprint density at radius 3 is 2.90 bits per heavy atom. The van der Waals surface area contributed by atoms with E-state index < -0.39 is 5.60 Å². The van der Waals surface area contributed by atoms with Gasteiger partial charge in [-0.1, -0.05) is 36.0 Å². The first kappa shape index (κ1) is 14.2. The number of piperidine rings is 1. The highest BCUT2D eigenvalue weighted by Gasteiger charge is 2.43. The largest absolute Gasteiger partial charge is 0.389 e. The first-order valence-corrected chi connectivity index (χ1v) is 7.81. The van der Waals surface area contributed by atoms with E-state index in [0.717, 1.165) is 25.7 Å². The fourth-order valence-electron chi connectivity index (χ4n) is 3.44. The molecule has 0 aromatic carbocycles. The Kier molecular flexibility index (Phi) is 3.73. The summed E-state index contributed by atoms with van der Waals surface area (Å²) in [5.74, 6) is 0.0984. The summed E-state index contributed by atoms with van der Waals surface area (Å²) >= 11 is 11.7. The van der Waals surface area contributed by atoms with Crippen LogP contribution in [0.4, 0.5) is 0 Å². The molecule has 2 N–H and O–H groups in total. The molecule has 1 aromatic rings. The number of halogens is 2. The molecule has 0 radical (unpaired) electrons. The lowest BCUT2D eigenvalue weighted by atomic mass is 9.71. The normalized spacial score (nSPS) is 30.1. The molecule has 6 heteroatoms. The standard InChI is InChI=1S/C14H18Cl2N2O2/c15-10-7-11(17-12(10)16)13(19)18-6-5-14(20)4-2-1-3-9(14)8-18/h7,9,17,20H,1-6,8H2. The van der Waals surface area contributed by atoms with Crippen LogP contribution >= 0.6 is 23.2 Å². The summed E-state index contributed by atoms with van der Waals surface area (Å²) in [6.07, 6.45) is 4.73. The molecular weight excluding hydrogens is 299 g/mol. The molecule has 0 bridgehead atoms. The van der Waals surface area contributed by atoms with Crippen LogP contribution in [0, 0.1) is 5.92 Å². The number of H-pyrrole nitrogens is 1. The minimum Gasteiger partial charge on any atom is -0.389 e. The highest BCUT2D eigenvalue weighted by atomic mass is 35.5. The minimum absolute atomic E-state index is 0.0913. The van der Waals surface area contributed by atoms with Gasteiger partial charge in [0.2, 0.25) is 0 Å². The van der Waals surface area contributed by atoms with Crippen LogP contribution in [0.2, 0.25) is 10.2 Å². The molecule has 2 heterocycles. The summed E-state index contributed by atoms with van der Waals surface area (Å²) < 4.78 is 0. The number of carbonyl (C=O) groups excluding carboxylic acids is 1. The number of nitrogens with one attached hydrogen (secondary N) is 1. The lowest BCUT2D eigenvalue weighted by Gasteiger charge is -2.47. The Morgan fingerprint density at radius 2 is 2.20 bits per heavy atom. The summed E-state index contributed by atoms with van der Waals surface area (Å²) in [5, 5.41) is 11.3. The van der Waals surface area contributed by atoms with Crippen LogP contribution in [0.15, 0.2) is 6.07 Å². The molecular formula is C14H18Cl2N2O2. The summed E-state index contributed by atoms with van der Waals surface area (Å²) in [7, 11) is 0. The van der Waals surface area contributed by atoms with E-state index in [9.17, 15) is 9.90 Å². The van der Waals surface area contributed by atoms with Gasteiger partial charge < -0.3 is 15.0 Å². The summed E-state index contributed by atoms with van der Waals surface area (Å²) in [5.41, 5.74) is -0.152. The van der Waals surface area contributed by atoms with Crippen molar-refractivity contribution in [3.63, 3.8) is 0 Å². The van der Waals surface area contributed by atoms with Gasteiger partial charge in [0.1, 0.15) is 10.8 Å². The van der Waals surface area contributed by atoms with Crippen molar-refractivity contribution in [3.05, 3.63) is 21.9 Å². The zero-order chi connectivity index (χ0) is 14.3. The van der Waals surface area contributed by atoms with Gasteiger partial charge >= 0.3 is 0 Å². The molecule has 0 spiro atoms. The zero-order valence-corrected chi connectivity index (χ0v) is 12.7. The van der Waals surface area contributed by atoms with Crippen LogP contribution in [0.25, 0.3) is 0 Å². The predicted molar refractivity (Wildman–Crippen MR) is 78.2 cm³/mol. The van der Waals surface area contributed by atoms with E-state index >= 15 is 0 Å².